The van der Waals surface area contributed by atoms with Crippen molar-refractivity contribution in [3.63, 3.8) is 0 Å². The van der Waals surface area contributed by atoms with Crippen LogP contribution in [-0.2, 0) is 5.41 Å². The Morgan fingerprint density at radius 2 is 1.83 bits per heavy atom. The van der Waals surface area contributed by atoms with Gasteiger partial charge in [-0.3, -0.25) is 0 Å². The standard InChI is InChI=1S/C10H12ClN/c11-9-3-1-8(2-4-9)10(7-12)5-6-10/h1-4H,5-7,12H2. The minimum absolute atomic E-state index is 0.296. The van der Waals surface area contributed by atoms with Gasteiger partial charge in [0, 0.05) is 17.0 Å². The summed E-state index contributed by atoms with van der Waals surface area (Å²) in [6.07, 6.45) is 2.45. The molecule has 1 aliphatic rings. The van der Waals surface area contributed by atoms with Crippen molar-refractivity contribution in [2.24, 2.45) is 5.73 Å². The third-order valence-corrected chi connectivity index (χ3v) is 2.95. The molecular formula is C10H12ClN. The molecule has 0 aromatic heterocycles. The summed E-state index contributed by atoms with van der Waals surface area (Å²) < 4.78 is 0. The highest BCUT2D eigenvalue weighted by atomic mass is 35.5. The summed E-state index contributed by atoms with van der Waals surface area (Å²) in [5.41, 5.74) is 7.34. The van der Waals surface area contributed by atoms with Crippen LogP contribution in [0.1, 0.15) is 18.4 Å². The van der Waals surface area contributed by atoms with Crippen LogP contribution in [0.15, 0.2) is 24.3 Å². The van der Waals surface area contributed by atoms with Crippen LogP contribution in [0.5, 0.6) is 0 Å². The van der Waals surface area contributed by atoms with E-state index < -0.39 is 0 Å². The molecule has 0 aliphatic heterocycles. The molecule has 2 rings (SSSR count). The molecule has 0 saturated heterocycles. The number of benzene rings is 1. The summed E-state index contributed by atoms with van der Waals surface area (Å²) in [5.74, 6) is 0. The van der Waals surface area contributed by atoms with Crippen LogP contribution in [0, 0.1) is 0 Å². The number of hydrogen-bond donors (Lipinski definition) is 1. The summed E-state index contributed by atoms with van der Waals surface area (Å²) in [6, 6.07) is 8.05. The van der Waals surface area contributed by atoms with Gasteiger partial charge in [-0.1, -0.05) is 23.7 Å². The minimum Gasteiger partial charge on any atom is -0.330 e. The monoisotopic (exact) mass is 181 g/mol. The Kier molecular flexibility index (Phi) is 1.85. The Labute approximate surface area is 77.5 Å². The van der Waals surface area contributed by atoms with E-state index in [1.807, 2.05) is 12.1 Å². The van der Waals surface area contributed by atoms with E-state index in [1.54, 1.807) is 0 Å². The SMILES string of the molecule is NCC1(c2ccc(Cl)cc2)CC1. The summed E-state index contributed by atoms with van der Waals surface area (Å²) in [5, 5.41) is 0.798. The molecule has 0 atom stereocenters. The van der Waals surface area contributed by atoms with Crippen molar-refractivity contribution < 1.29 is 0 Å². The van der Waals surface area contributed by atoms with E-state index in [0.717, 1.165) is 11.6 Å². The average molecular weight is 182 g/mol. The largest absolute Gasteiger partial charge is 0.330 e. The van der Waals surface area contributed by atoms with Gasteiger partial charge in [0.25, 0.3) is 0 Å². The lowest BCUT2D eigenvalue weighted by Gasteiger charge is -2.11. The van der Waals surface area contributed by atoms with Gasteiger partial charge in [0.1, 0.15) is 0 Å². The smallest absolute Gasteiger partial charge is 0.0406 e. The highest BCUT2D eigenvalue weighted by Gasteiger charge is 2.42. The Morgan fingerprint density at radius 1 is 1.25 bits per heavy atom. The zero-order valence-corrected chi connectivity index (χ0v) is 7.64. The molecule has 64 valence electrons. The lowest BCUT2D eigenvalue weighted by atomic mass is 9.96. The van der Waals surface area contributed by atoms with Crippen LogP contribution < -0.4 is 5.73 Å². The highest BCUT2D eigenvalue weighted by molar-refractivity contribution is 6.30. The third-order valence-electron chi connectivity index (χ3n) is 2.70. The number of rotatable bonds is 2. The van der Waals surface area contributed by atoms with E-state index >= 15 is 0 Å². The van der Waals surface area contributed by atoms with Gasteiger partial charge in [0.15, 0.2) is 0 Å². The van der Waals surface area contributed by atoms with Gasteiger partial charge < -0.3 is 5.73 Å². The molecule has 1 aromatic rings. The average Bonchev–Trinajstić information content (AvgIpc) is 2.86. The molecule has 1 nitrogen and oxygen atoms in total. The van der Waals surface area contributed by atoms with Crippen LogP contribution >= 0.6 is 11.6 Å². The van der Waals surface area contributed by atoms with Crippen LogP contribution in [-0.4, -0.2) is 6.54 Å². The molecule has 1 fully saturated rings. The quantitative estimate of drug-likeness (QED) is 0.745. The lowest BCUT2D eigenvalue weighted by molar-refractivity contribution is 0.705. The summed E-state index contributed by atoms with van der Waals surface area (Å²) in [6.45, 7) is 0.759. The first-order chi connectivity index (χ1) is 5.77. The van der Waals surface area contributed by atoms with Gasteiger partial charge in [0.2, 0.25) is 0 Å². The normalized spacial score (nSPS) is 19.2. The fourth-order valence-corrected chi connectivity index (χ4v) is 1.69. The van der Waals surface area contributed by atoms with Crippen LogP contribution in [0.3, 0.4) is 0 Å². The molecule has 1 aliphatic carbocycles. The van der Waals surface area contributed by atoms with E-state index in [-0.39, 0.29) is 0 Å². The van der Waals surface area contributed by atoms with Crippen molar-refractivity contribution in [2.75, 3.05) is 6.54 Å². The Bertz CT molecular complexity index is 274. The maximum Gasteiger partial charge on any atom is 0.0406 e. The van der Waals surface area contributed by atoms with E-state index in [9.17, 15) is 0 Å². The van der Waals surface area contributed by atoms with Gasteiger partial charge in [-0.2, -0.15) is 0 Å². The van der Waals surface area contributed by atoms with Crippen molar-refractivity contribution in [3.05, 3.63) is 34.9 Å². The topological polar surface area (TPSA) is 26.0 Å². The second-order valence-electron chi connectivity index (χ2n) is 3.49. The predicted molar refractivity (Wildman–Crippen MR) is 51.4 cm³/mol. The fraction of sp³-hybridized carbons (Fsp3) is 0.400. The molecule has 0 amide bonds. The molecule has 0 heterocycles. The molecule has 2 N–H and O–H groups in total. The molecule has 12 heavy (non-hydrogen) atoms. The second-order valence-corrected chi connectivity index (χ2v) is 3.93. The molecule has 0 bridgehead atoms. The first-order valence-electron chi connectivity index (χ1n) is 4.23. The first-order valence-corrected chi connectivity index (χ1v) is 4.61. The van der Waals surface area contributed by atoms with Crippen molar-refractivity contribution in [2.45, 2.75) is 18.3 Å². The Hall–Kier alpha value is -0.530. The van der Waals surface area contributed by atoms with E-state index in [0.29, 0.717) is 5.41 Å². The summed E-state index contributed by atoms with van der Waals surface area (Å²) in [4.78, 5) is 0. The van der Waals surface area contributed by atoms with Crippen molar-refractivity contribution in [3.8, 4) is 0 Å². The highest BCUT2D eigenvalue weighted by Crippen LogP contribution is 2.47. The lowest BCUT2D eigenvalue weighted by Crippen LogP contribution is -2.19. The van der Waals surface area contributed by atoms with Gasteiger partial charge in [0.05, 0.1) is 0 Å². The van der Waals surface area contributed by atoms with E-state index in [1.165, 1.54) is 18.4 Å². The second kappa shape index (κ2) is 2.75. The fourth-order valence-electron chi connectivity index (χ4n) is 1.56. The van der Waals surface area contributed by atoms with Crippen molar-refractivity contribution in [1.29, 1.82) is 0 Å². The molecular weight excluding hydrogens is 170 g/mol. The molecule has 0 radical (unpaired) electrons. The van der Waals surface area contributed by atoms with Crippen LogP contribution in [0.25, 0.3) is 0 Å². The predicted octanol–water partition coefficient (Wildman–Crippen LogP) is 2.33. The zero-order valence-electron chi connectivity index (χ0n) is 6.89. The minimum atomic E-state index is 0.296. The number of nitrogens with two attached hydrogens (primary N) is 1. The molecule has 2 heteroatoms. The maximum atomic E-state index is 5.79. The van der Waals surface area contributed by atoms with Gasteiger partial charge in [-0.25, -0.2) is 0 Å². The molecule has 0 unspecified atom stereocenters. The van der Waals surface area contributed by atoms with Gasteiger partial charge >= 0.3 is 0 Å². The summed E-state index contributed by atoms with van der Waals surface area (Å²) in [7, 11) is 0. The van der Waals surface area contributed by atoms with Crippen LogP contribution in [0.4, 0.5) is 0 Å². The zero-order chi connectivity index (χ0) is 8.60. The van der Waals surface area contributed by atoms with E-state index in [2.05, 4.69) is 12.1 Å². The summed E-state index contributed by atoms with van der Waals surface area (Å²) >= 11 is 5.79. The third kappa shape index (κ3) is 1.23. The van der Waals surface area contributed by atoms with Crippen molar-refractivity contribution >= 4 is 11.6 Å². The van der Waals surface area contributed by atoms with Gasteiger partial charge in [-0.05, 0) is 30.5 Å². The number of hydrogen-bond acceptors (Lipinski definition) is 1. The van der Waals surface area contributed by atoms with Crippen LogP contribution in [0.2, 0.25) is 5.02 Å². The molecule has 0 spiro atoms. The van der Waals surface area contributed by atoms with Gasteiger partial charge in [-0.15, -0.1) is 0 Å². The Morgan fingerprint density at radius 3 is 2.25 bits per heavy atom. The maximum absolute atomic E-state index is 5.79. The first kappa shape index (κ1) is 8.09. The number of halogens is 1. The molecule has 1 saturated carbocycles. The molecule has 1 aromatic carbocycles. The Balaban J connectivity index is 2.29. The van der Waals surface area contributed by atoms with Crippen molar-refractivity contribution in [1.82, 2.24) is 0 Å². The van der Waals surface area contributed by atoms with E-state index in [4.69, 9.17) is 17.3 Å².